The SMILES string of the molecule is CC[C@@H](C(=O)NC(C)C)N(Cc1cccc(OC)c1)C(=O)CN(c1ccc(Cl)cc1)S(=O)(=O)c1ccc(C)cc1. The van der Waals surface area contributed by atoms with E-state index in [0.29, 0.717) is 17.2 Å². The number of nitrogens with one attached hydrogen (secondary N) is 1. The van der Waals surface area contributed by atoms with E-state index in [0.717, 1.165) is 15.4 Å². The van der Waals surface area contributed by atoms with Crippen LogP contribution in [-0.2, 0) is 26.2 Å². The van der Waals surface area contributed by atoms with Crippen molar-refractivity contribution in [2.45, 2.75) is 57.6 Å². The number of halogens is 1. The maximum atomic E-state index is 14.1. The molecule has 0 aliphatic rings. The third kappa shape index (κ3) is 7.76. The molecule has 0 unspecified atom stereocenters. The number of rotatable bonds is 12. The average molecular weight is 586 g/mol. The van der Waals surface area contributed by atoms with Gasteiger partial charge in [-0.05, 0) is 81.3 Å². The van der Waals surface area contributed by atoms with E-state index in [2.05, 4.69) is 5.32 Å². The van der Waals surface area contributed by atoms with Crippen LogP contribution in [0.1, 0.15) is 38.3 Å². The predicted molar refractivity (Wildman–Crippen MR) is 158 cm³/mol. The number of aryl methyl sites for hydroxylation is 1. The molecule has 0 fully saturated rings. The Balaban J connectivity index is 2.06. The van der Waals surface area contributed by atoms with Crippen LogP contribution >= 0.6 is 11.6 Å². The summed E-state index contributed by atoms with van der Waals surface area (Å²) >= 11 is 6.08. The van der Waals surface area contributed by atoms with Crippen molar-refractivity contribution in [3.8, 4) is 5.75 Å². The maximum Gasteiger partial charge on any atom is 0.264 e. The molecule has 0 heterocycles. The van der Waals surface area contributed by atoms with Crippen molar-refractivity contribution < 1.29 is 22.7 Å². The van der Waals surface area contributed by atoms with E-state index in [-0.39, 0.29) is 29.1 Å². The van der Waals surface area contributed by atoms with Crippen LogP contribution in [0.5, 0.6) is 5.75 Å². The van der Waals surface area contributed by atoms with Crippen molar-refractivity contribution in [2.75, 3.05) is 18.0 Å². The Morgan fingerprint density at radius 2 is 1.65 bits per heavy atom. The summed E-state index contributed by atoms with van der Waals surface area (Å²) in [6.45, 7) is 6.92. The lowest BCUT2D eigenvalue weighted by atomic mass is 10.1. The third-order valence-corrected chi connectivity index (χ3v) is 8.35. The van der Waals surface area contributed by atoms with Gasteiger partial charge in [0.25, 0.3) is 10.0 Å². The molecule has 214 valence electrons. The first-order valence-electron chi connectivity index (χ1n) is 13.0. The zero-order valence-electron chi connectivity index (χ0n) is 23.4. The molecule has 0 aliphatic carbocycles. The minimum absolute atomic E-state index is 0.0461. The van der Waals surface area contributed by atoms with Gasteiger partial charge in [0.1, 0.15) is 18.3 Å². The highest BCUT2D eigenvalue weighted by molar-refractivity contribution is 7.92. The number of nitrogens with zero attached hydrogens (tertiary/aromatic N) is 2. The predicted octanol–water partition coefficient (Wildman–Crippen LogP) is 5.18. The van der Waals surface area contributed by atoms with E-state index >= 15 is 0 Å². The number of sulfonamides is 1. The standard InChI is InChI=1S/C30H36ClN3O5S/c1-6-28(30(36)32-21(2)3)33(19-23-8-7-9-26(18-23)39-5)29(35)20-34(25-14-12-24(31)13-15-25)40(37,38)27-16-10-22(4)11-17-27/h7-18,21,28H,6,19-20H2,1-5H3,(H,32,36)/t28-/m0/s1. The van der Waals surface area contributed by atoms with E-state index in [1.54, 1.807) is 61.7 Å². The minimum Gasteiger partial charge on any atom is -0.497 e. The highest BCUT2D eigenvalue weighted by atomic mass is 35.5. The molecular weight excluding hydrogens is 550 g/mol. The largest absolute Gasteiger partial charge is 0.497 e. The van der Waals surface area contributed by atoms with Gasteiger partial charge in [0.05, 0.1) is 17.7 Å². The van der Waals surface area contributed by atoms with Crippen LogP contribution in [-0.4, -0.2) is 50.9 Å². The molecule has 0 spiro atoms. The van der Waals surface area contributed by atoms with Crippen molar-refractivity contribution in [1.29, 1.82) is 0 Å². The average Bonchev–Trinajstić information content (AvgIpc) is 2.92. The Morgan fingerprint density at radius 3 is 2.23 bits per heavy atom. The van der Waals surface area contributed by atoms with E-state index in [4.69, 9.17) is 16.3 Å². The molecule has 2 amide bonds. The molecule has 3 rings (SSSR count). The topological polar surface area (TPSA) is 96.0 Å². The van der Waals surface area contributed by atoms with E-state index < -0.39 is 28.5 Å². The van der Waals surface area contributed by atoms with Gasteiger partial charge >= 0.3 is 0 Å². The molecule has 0 aromatic heterocycles. The number of ether oxygens (including phenoxy) is 1. The first kappa shape index (κ1) is 31.0. The summed E-state index contributed by atoms with van der Waals surface area (Å²) in [6.07, 6.45) is 0.333. The van der Waals surface area contributed by atoms with Crippen LogP contribution in [0.25, 0.3) is 0 Å². The van der Waals surface area contributed by atoms with Crippen LogP contribution < -0.4 is 14.4 Å². The molecule has 40 heavy (non-hydrogen) atoms. The fourth-order valence-electron chi connectivity index (χ4n) is 4.24. The number of anilines is 1. The van der Waals surface area contributed by atoms with Crippen LogP contribution in [0, 0.1) is 6.92 Å². The number of hydrogen-bond acceptors (Lipinski definition) is 5. The van der Waals surface area contributed by atoms with Crippen LogP contribution in [0.4, 0.5) is 5.69 Å². The summed E-state index contributed by atoms with van der Waals surface area (Å²) in [5.41, 5.74) is 1.92. The van der Waals surface area contributed by atoms with Crippen molar-refractivity contribution in [2.24, 2.45) is 0 Å². The molecule has 3 aromatic carbocycles. The highest BCUT2D eigenvalue weighted by Gasteiger charge is 2.33. The summed E-state index contributed by atoms with van der Waals surface area (Å²) in [7, 11) is -2.60. The summed E-state index contributed by atoms with van der Waals surface area (Å²) in [5.74, 6) is -0.235. The van der Waals surface area contributed by atoms with Crippen molar-refractivity contribution in [3.05, 3.63) is 88.9 Å². The molecule has 0 radical (unpaired) electrons. The van der Waals surface area contributed by atoms with Gasteiger partial charge in [-0.1, -0.05) is 48.4 Å². The monoisotopic (exact) mass is 585 g/mol. The second-order valence-electron chi connectivity index (χ2n) is 9.76. The van der Waals surface area contributed by atoms with Gasteiger partial charge in [-0.25, -0.2) is 8.42 Å². The summed E-state index contributed by atoms with van der Waals surface area (Å²) in [5, 5.41) is 3.32. The van der Waals surface area contributed by atoms with E-state index in [1.807, 2.05) is 33.8 Å². The maximum absolute atomic E-state index is 14.1. The molecule has 10 heteroatoms. The highest BCUT2D eigenvalue weighted by Crippen LogP contribution is 2.27. The normalized spacial score (nSPS) is 12.1. The number of amides is 2. The molecule has 1 atom stereocenters. The second kappa shape index (κ2) is 13.7. The Morgan fingerprint density at radius 1 is 1.00 bits per heavy atom. The smallest absolute Gasteiger partial charge is 0.264 e. The number of hydrogen-bond donors (Lipinski definition) is 1. The van der Waals surface area contributed by atoms with Gasteiger partial charge in [0, 0.05) is 17.6 Å². The van der Waals surface area contributed by atoms with Gasteiger partial charge in [0.2, 0.25) is 11.8 Å². The number of carbonyl (C=O) groups excluding carboxylic acids is 2. The first-order valence-corrected chi connectivity index (χ1v) is 14.9. The van der Waals surface area contributed by atoms with Crippen molar-refractivity contribution >= 4 is 39.1 Å². The zero-order chi connectivity index (χ0) is 29.4. The molecule has 1 N–H and O–H groups in total. The lowest BCUT2D eigenvalue weighted by Crippen LogP contribution is -2.53. The fourth-order valence-corrected chi connectivity index (χ4v) is 5.78. The second-order valence-corrected chi connectivity index (χ2v) is 12.1. The van der Waals surface area contributed by atoms with E-state index in [1.165, 1.54) is 17.0 Å². The van der Waals surface area contributed by atoms with Gasteiger partial charge in [-0.2, -0.15) is 0 Å². The third-order valence-electron chi connectivity index (χ3n) is 6.31. The number of benzene rings is 3. The van der Waals surface area contributed by atoms with Gasteiger partial charge in [-0.3, -0.25) is 13.9 Å². The van der Waals surface area contributed by atoms with Crippen molar-refractivity contribution in [3.63, 3.8) is 0 Å². The van der Waals surface area contributed by atoms with Crippen LogP contribution in [0.15, 0.2) is 77.7 Å². The molecule has 0 saturated heterocycles. The molecule has 0 aliphatic heterocycles. The zero-order valence-corrected chi connectivity index (χ0v) is 25.0. The Bertz CT molecular complexity index is 1410. The lowest BCUT2D eigenvalue weighted by Gasteiger charge is -2.33. The van der Waals surface area contributed by atoms with Gasteiger partial charge in [-0.15, -0.1) is 0 Å². The molecule has 0 saturated carbocycles. The van der Waals surface area contributed by atoms with Crippen LogP contribution in [0.2, 0.25) is 5.02 Å². The lowest BCUT2D eigenvalue weighted by molar-refractivity contribution is -0.140. The quantitative estimate of drug-likeness (QED) is 0.316. The van der Waals surface area contributed by atoms with Crippen LogP contribution in [0.3, 0.4) is 0 Å². The number of methoxy groups -OCH3 is 1. The molecule has 8 nitrogen and oxygen atoms in total. The van der Waals surface area contributed by atoms with E-state index in [9.17, 15) is 18.0 Å². The summed E-state index contributed by atoms with van der Waals surface area (Å²) in [6, 6.07) is 18.9. The van der Waals surface area contributed by atoms with Crippen molar-refractivity contribution in [1.82, 2.24) is 10.2 Å². The summed E-state index contributed by atoms with van der Waals surface area (Å²) < 4.78 is 34.1. The molecule has 3 aromatic rings. The fraction of sp³-hybridized carbons (Fsp3) is 0.333. The Labute approximate surface area is 241 Å². The van der Waals surface area contributed by atoms with Gasteiger partial charge < -0.3 is 15.0 Å². The molecule has 0 bridgehead atoms. The summed E-state index contributed by atoms with van der Waals surface area (Å²) in [4.78, 5) is 28.7. The van der Waals surface area contributed by atoms with Gasteiger partial charge in [0.15, 0.2) is 0 Å². The Kier molecular flexibility index (Phi) is 10.6. The number of carbonyl (C=O) groups is 2. The molecular formula is C30H36ClN3O5S. The first-order chi connectivity index (χ1) is 19.0. The Hall–Kier alpha value is -3.56. The minimum atomic E-state index is -4.15.